The Hall–Kier alpha value is -1.32. The third-order valence-corrected chi connectivity index (χ3v) is 4.13. The molecule has 1 aliphatic carbocycles. The molecule has 0 aromatic rings. The average molecular weight is 234 g/mol. The Kier molecular flexibility index (Phi) is 2.65. The monoisotopic (exact) mass is 234 g/mol. The van der Waals surface area contributed by atoms with Crippen LogP contribution in [-0.2, 0) is 9.59 Å². The number of piperazine rings is 1. The van der Waals surface area contributed by atoms with E-state index in [0.717, 1.165) is 38.6 Å². The van der Waals surface area contributed by atoms with E-state index in [1.165, 1.54) is 0 Å². The zero-order valence-corrected chi connectivity index (χ0v) is 9.97. The molecule has 17 heavy (non-hydrogen) atoms. The maximum Gasteiger partial charge on any atom is 0.246 e. The summed E-state index contributed by atoms with van der Waals surface area (Å²) in [6.45, 7) is 1.07. The Bertz CT molecular complexity index is 378. The summed E-state index contributed by atoms with van der Waals surface area (Å²) in [6, 6.07) is 0.0985. The quantitative estimate of drug-likeness (QED) is 0.633. The molecule has 2 heterocycles. The van der Waals surface area contributed by atoms with E-state index in [9.17, 15) is 9.59 Å². The Balaban J connectivity index is 1.79. The van der Waals surface area contributed by atoms with Crippen LogP contribution in [0.5, 0.6) is 0 Å². The van der Waals surface area contributed by atoms with Gasteiger partial charge in [0.05, 0.1) is 0 Å². The van der Waals surface area contributed by atoms with Crippen molar-refractivity contribution in [1.29, 1.82) is 0 Å². The van der Waals surface area contributed by atoms with Crippen molar-refractivity contribution in [2.75, 3.05) is 13.1 Å². The van der Waals surface area contributed by atoms with Crippen LogP contribution in [-0.4, -0.2) is 46.8 Å². The number of amides is 2. The second-order valence-electron chi connectivity index (χ2n) is 5.15. The summed E-state index contributed by atoms with van der Waals surface area (Å²) in [4.78, 5) is 28.0. The molecule has 0 aromatic heterocycles. The number of fused-ring (bicyclic) bond motifs is 1. The Labute approximate surface area is 101 Å². The molecule has 4 heteroatoms. The maximum atomic E-state index is 12.4. The molecule has 0 saturated carbocycles. The molecule has 0 radical (unpaired) electrons. The van der Waals surface area contributed by atoms with Crippen molar-refractivity contribution in [3.8, 4) is 0 Å². The van der Waals surface area contributed by atoms with Gasteiger partial charge in [0.15, 0.2) is 0 Å². The molecule has 0 spiro atoms. The molecule has 0 bridgehead atoms. The molecule has 3 rings (SSSR count). The molecule has 2 amide bonds. The largest absolute Gasteiger partial charge is 0.329 e. The highest BCUT2D eigenvalue weighted by atomic mass is 16.2. The van der Waals surface area contributed by atoms with Crippen LogP contribution in [0.25, 0.3) is 0 Å². The first kappa shape index (κ1) is 10.8. The highest BCUT2D eigenvalue weighted by Crippen LogP contribution is 2.27. The van der Waals surface area contributed by atoms with Crippen molar-refractivity contribution in [1.82, 2.24) is 9.80 Å². The highest BCUT2D eigenvalue weighted by molar-refractivity contribution is 5.95. The Morgan fingerprint density at radius 3 is 2.76 bits per heavy atom. The minimum absolute atomic E-state index is 0.140. The van der Waals surface area contributed by atoms with E-state index in [4.69, 9.17) is 0 Å². The van der Waals surface area contributed by atoms with Crippen LogP contribution in [0.2, 0.25) is 0 Å². The van der Waals surface area contributed by atoms with E-state index in [0.29, 0.717) is 6.54 Å². The molecule has 2 saturated heterocycles. The van der Waals surface area contributed by atoms with Gasteiger partial charge >= 0.3 is 0 Å². The number of hydrogen-bond donors (Lipinski definition) is 0. The van der Waals surface area contributed by atoms with Crippen molar-refractivity contribution in [2.45, 2.75) is 44.2 Å². The van der Waals surface area contributed by atoms with Gasteiger partial charge in [-0.15, -0.1) is 0 Å². The molecule has 2 aliphatic heterocycles. The number of carbonyl (C=O) groups is 2. The molecule has 2 atom stereocenters. The van der Waals surface area contributed by atoms with Gasteiger partial charge in [0.1, 0.15) is 12.6 Å². The summed E-state index contributed by atoms with van der Waals surface area (Å²) in [6.07, 6.45) is 9.05. The van der Waals surface area contributed by atoms with Crippen LogP contribution in [0.3, 0.4) is 0 Å². The first-order chi connectivity index (χ1) is 8.27. The summed E-state index contributed by atoms with van der Waals surface area (Å²) in [7, 11) is 0. The molecule has 2 fully saturated rings. The first-order valence-corrected chi connectivity index (χ1v) is 6.52. The average Bonchev–Trinajstić information content (AvgIpc) is 2.85. The summed E-state index contributed by atoms with van der Waals surface area (Å²) in [5.74, 6) is 0.323. The first-order valence-electron chi connectivity index (χ1n) is 6.52. The van der Waals surface area contributed by atoms with Crippen LogP contribution >= 0.6 is 0 Å². The maximum absolute atomic E-state index is 12.4. The van der Waals surface area contributed by atoms with Gasteiger partial charge in [-0.1, -0.05) is 12.2 Å². The highest BCUT2D eigenvalue weighted by Gasteiger charge is 2.43. The van der Waals surface area contributed by atoms with Crippen molar-refractivity contribution < 1.29 is 9.59 Å². The lowest BCUT2D eigenvalue weighted by Gasteiger charge is -2.41. The summed E-state index contributed by atoms with van der Waals surface area (Å²) in [5, 5.41) is 0. The van der Waals surface area contributed by atoms with Crippen LogP contribution < -0.4 is 0 Å². The van der Waals surface area contributed by atoms with Gasteiger partial charge in [-0.2, -0.15) is 0 Å². The molecule has 2 unspecified atom stereocenters. The lowest BCUT2D eigenvalue weighted by Crippen LogP contribution is -2.60. The molecule has 3 aliphatic rings. The fourth-order valence-electron chi connectivity index (χ4n) is 3.20. The van der Waals surface area contributed by atoms with Crippen molar-refractivity contribution >= 4 is 11.8 Å². The van der Waals surface area contributed by atoms with E-state index in [1.807, 2.05) is 4.90 Å². The topological polar surface area (TPSA) is 40.6 Å². The number of carbonyl (C=O) groups excluding carboxylic acids is 2. The lowest BCUT2D eigenvalue weighted by molar-refractivity contribution is -0.156. The van der Waals surface area contributed by atoms with Crippen molar-refractivity contribution in [3.05, 3.63) is 12.2 Å². The Morgan fingerprint density at radius 1 is 1.12 bits per heavy atom. The van der Waals surface area contributed by atoms with Gasteiger partial charge in [-0.25, -0.2) is 0 Å². The summed E-state index contributed by atoms with van der Waals surface area (Å²) in [5.41, 5.74) is 0. The van der Waals surface area contributed by atoms with E-state index in [1.54, 1.807) is 4.90 Å². The predicted octanol–water partition coefficient (Wildman–Crippen LogP) is 0.928. The second-order valence-corrected chi connectivity index (χ2v) is 5.15. The van der Waals surface area contributed by atoms with E-state index >= 15 is 0 Å². The standard InChI is InChI=1S/C13H18N2O2/c16-12-9-15(10-5-2-1-3-6-10)13(17)11-7-4-8-14(11)12/h1-2,10-11H,3-9H2. The minimum atomic E-state index is -0.151. The predicted molar refractivity (Wildman–Crippen MR) is 63.2 cm³/mol. The van der Waals surface area contributed by atoms with Crippen LogP contribution in [0.15, 0.2) is 12.2 Å². The van der Waals surface area contributed by atoms with Gasteiger partial charge in [-0.05, 0) is 32.1 Å². The van der Waals surface area contributed by atoms with Crippen molar-refractivity contribution in [3.63, 3.8) is 0 Å². The van der Waals surface area contributed by atoms with Crippen LogP contribution in [0.1, 0.15) is 32.1 Å². The number of rotatable bonds is 1. The minimum Gasteiger partial charge on any atom is -0.329 e. The van der Waals surface area contributed by atoms with Crippen LogP contribution in [0.4, 0.5) is 0 Å². The van der Waals surface area contributed by atoms with Gasteiger partial charge in [0.2, 0.25) is 11.8 Å². The molecular formula is C13H18N2O2. The lowest BCUT2D eigenvalue weighted by atomic mass is 9.98. The normalized spacial score (nSPS) is 33.2. The molecule has 92 valence electrons. The fraction of sp³-hybridized carbons (Fsp3) is 0.692. The third kappa shape index (κ3) is 1.75. The SMILES string of the molecule is O=C1C2CCCN2C(=O)CN1C1CC=CCC1. The van der Waals surface area contributed by atoms with Gasteiger partial charge in [0.25, 0.3) is 0 Å². The Morgan fingerprint density at radius 2 is 2.00 bits per heavy atom. The fourth-order valence-corrected chi connectivity index (χ4v) is 3.20. The van der Waals surface area contributed by atoms with E-state index < -0.39 is 0 Å². The van der Waals surface area contributed by atoms with E-state index in [-0.39, 0.29) is 23.9 Å². The third-order valence-electron chi connectivity index (χ3n) is 4.13. The number of nitrogens with zero attached hydrogens (tertiary/aromatic N) is 2. The smallest absolute Gasteiger partial charge is 0.246 e. The molecule has 0 aromatic carbocycles. The molecular weight excluding hydrogens is 216 g/mol. The van der Waals surface area contributed by atoms with Crippen LogP contribution in [0, 0.1) is 0 Å². The van der Waals surface area contributed by atoms with Gasteiger partial charge in [0, 0.05) is 12.6 Å². The number of allylic oxidation sites excluding steroid dienone is 1. The second kappa shape index (κ2) is 4.17. The van der Waals surface area contributed by atoms with Crippen molar-refractivity contribution in [2.24, 2.45) is 0 Å². The zero-order valence-electron chi connectivity index (χ0n) is 9.97. The molecule has 4 nitrogen and oxygen atoms in total. The summed E-state index contributed by atoms with van der Waals surface area (Å²) >= 11 is 0. The van der Waals surface area contributed by atoms with Gasteiger partial charge in [-0.3, -0.25) is 9.59 Å². The van der Waals surface area contributed by atoms with Gasteiger partial charge < -0.3 is 9.80 Å². The number of hydrogen-bond acceptors (Lipinski definition) is 2. The molecule has 0 N–H and O–H groups in total. The van der Waals surface area contributed by atoms with E-state index in [2.05, 4.69) is 12.2 Å². The summed E-state index contributed by atoms with van der Waals surface area (Å²) < 4.78 is 0. The zero-order chi connectivity index (χ0) is 11.8.